The van der Waals surface area contributed by atoms with E-state index in [-0.39, 0.29) is 11.9 Å². The molecule has 0 aliphatic rings. The topological polar surface area (TPSA) is 90.6 Å². The number of nitrogens with one attached hydrogen (secondary N) is 3. The smallest absolute Gasteiger partial charge is 0.341 e. The van der Waals surface area contributed by atoms with Gasteiger partial charge in [-0.15, -0.1) is 5.10 Å². The standard InChI is InChI=1S/C17H15ClN4O2/c18-13-8-6-11(7-9-13)10-14(12-4-2-1-3-5-12)19-16(23)15-20-17(24)22-21-15/h1-9,14H,10H2,(H,19,23)(H2,20,21,22,24)/t14-/m1/s1. The third kappa shape index (κ3) is 3.91. The van der Waals surface area contributed by atoms with Crippen LogP contribution in [0.25, 0.3) is 0 Å². The summed E-state index contributed by atoms with van der Waals surface area (Å²) in [4.78, 5) is 25.8. The van der Waals surface area contributed by atoms with Crippen LogP contribution < -0.4 is 11.0 Å². The second-order valence-electron chi connectivity index (χ2n) is 5.29. The van der Waals surface area contributed by atoms with E-state index in [2.05, 4.69) is 20.5 Å². The van der Waals surface area contributed by atoms with Crippen molar-refractivity contribution >= 4 is 17.5 Å². The Bertz CT molecular complexity index is 871. The Morgan fingerprint density at radius 1 is 1.12 bits per heavy atom. The van der Waals surface area contributed by atoms with Gasteiger partial charge in [-0.05, 0) is 29.7 Å². The highest BCUT2D eigenvalue weighted by atomic mass is 35.5. The van der Waals surface area contributed by atoms with Crippen molar-refractivity contribution < 1.29 is 4.79 Å². The van der Waals surface area contributed by atoms with E-state index < -0.39 is 11.6 Å². The first kappa shape index (κ1) is 16.0. The Labute approximate surface area is 142 Å². The minimum Gasteiger partial charge on any atom is -0.342 e. The van der Waals surface area contributed by atoms with Crippen molar-refractivity contribution in [3.63, 3.8) is 0 Å². The molecule has 122 valence electrons. The molecule has 0 bridgehead atoms. The van der Waals surface area contributed by atoms with Crippen LogP contribution in [0.4, 0.5) is 0 Å². The highest BCUT2D eigenvalue weighted by Gasteiger charge is 2.18. The first-order valence-electron chi connectivity index (χ1n) is 7.37. The molecule has 1 heterocycles. The Kier molecular flexibility index (Phi) is 4.77. The number of hydrogen-bond donors (Lipinski definition) is 3. The van der Waals surface area contributed by atoms with Crippen molar-refractivity contribution in [3.05, 3.63) is 87.1 Å². The molecule has 2 aromatic carbocycles. The second-order valence-corrected chi connectivity index (χ2v) is 5.73. The maximum Gasteiger partial charge on any atom is 0.341 e. The monoisotopic (exact) mass is 342 g/mol. The fraction of sp³-hybridized carbons (Fsp3) is 0.118. The molecule has 3 rings (SSSR count). The van der Waals surface area contributed by atoms with E-state index in [4.69, 9.17) is 11.6 Å². The van der Waals surface area contributed by atoms with Gasteiger partial charge in [0.2, 0.25) is 5.82 Å². The molecule has 0 fully saturated rings. The number of aromatic amines is 2. The largest absolute Gasteiger partial charge is 0.342 e. The average Bonchev–Trinajstić information content (AvgIpc) is 3.03. The van der Waals surface area contributed by atoms with Crippen molar-refractivity contribution in [2.45, 2.75) is 12.5 Å². The zero-order valence-electron chi connectivity index (χ0n) is 12.6. The van der Waals surface area contributed by atoms with E-state index in [0.717, 1.165) is 11.1 Å². The van der Waals surface area contributed by atoms with Gasteiger partial charge < -0.3 is 5.32 Å². The Hall–Kier alpha value is -2.86. The van der Waals surface area contributed by atoms with Gasteiger partial charge in [0.15, 0.2) is 0 Å². The third-order valence-electron chi connectivity index (χ3n) is 3.58. The summed E-state index contributed by atoms with van der Waals surface area (Å²) in [6.45, 7) is 0. The maximum atomic E-state index is 12.3. The van der Waals surface area contributed by atoms with E-state index in [1.807, 2.05) is 54.6 Å². The van der Waals surface area contributed by atoms with Gasteiger partial charge in [-0.3, -0.25) is 9.78 Å². The fourth-order valence-corrected chi connectivity index (χ4v) is 2.52. The number of halogens is 1. The minimum atomic E-state index is -0.519. The van der Waals surface area contributed by atoms with Crippen molar-refractivity contribution in [1.82, 2.24) is 20.5 Å². The minimum absolute atomic E-state index is 0.0444. The van der Waals surface area contributed by atoms with E-state index in [1.54, 1.807) is 0 Å². The predicted molar refractivity (Wildman–Crippen MR) is 91.0 cm³/mol. The van der Waals surface area contributed by atoms with Gasteiger partial charge >= 0.3 is 5.69 Å². The van der Waals surface area contributed by atoms with Gasteiger partial charge in [0, 0.05) is 5.02 Å². The van der Waals surface area contributed by atoms with Crippen LogP contribution >= 0.6 is 11.6 Å². The molecule has 0 saturated heterocycles. The summed E-state index contributed by atoms with van der Waals surface area (Å²) in [5, 5.41) is 9.40. The summed E-state index contributed by atoms with van der Waals surface area (Å²) in [6.07, 6.45) is 0.585. The van der Waals surface area contributed by atoms with E-state index in [1.165, 1.54) is 0 Å². The fourth-order valence-electron chi connectivity index (χ4n) is 2.40. The first-order valence-corrected chi connectivity index (χ1v) is 7.74. The number of rotatable bonds is 5. The summed E-state index contributed by atoms with van der Waals surface area (Å²) in [7, 11) is 0. The van der Waals surface area contributed by atoms with Gasteiger partial charge in [0.25, 0.3) is 5.91 Å². The number of benzene rings is 2. The Balaban J connectivity index is 1.83. The third-order valence-corrected chi connectivity index (χ3v) is 3.83. The van der Waals surface area contributed by atoms with Gasteiger partial charge in [-0.1, -0.05) is 54.1 Å². The molecule has 7 heteroatoms. The molecule has 6 nitrogen and oxygen atoms in total. The molecule has 24 heavy (non-hydrogen) atoms. The Morgan fingerprint density at radius 3 is 2.46 bits per heavy atom. The second kappa shape index (κ2) is 7.14. The Morgan fingerprint density at radius 2 is 1.83 bits per heavy atom. The van der Waals surface area contributed by atoms with Crippen molar-refractivity contribution in [2.24, 2.45) is 0 Å². The molecule has 0 unspecified atom stereocenters. The summed E-state index contributed by atoms with van der Waals surface area (Å²) in [6, 6.07) is 16.8. The number of carbonyl (C=O) groups is 1. The van der Waals surface area contributed by atoms with Gasteiger partial charge in [-0.25, -0.2) is 9.89 Å². The van der Waals surface area contributed by atoms with Gasteiger partial charge in [0.1, 0.15) is 0 Å². The summed E-state index contributed by atoms with van der Waals surface area (Å²) in [5.74, 6) is -0.492. The predicted octanol–water partition coefficient (Wildman–Crippen LogP) is 2.47. The zero-order chi connectivity index (χ0) is 16.9. The van der Waals surface area contributed by atoms with Crippen LogP contribution in [0.15, 0.2) is 59.4 Å². The summed E-state index contributed by atoms with van der Waals surface area (Å²) in [5.41, 5.74) is 1.47. The molecule has 0 spiro atoms. The van der Waals surface area contributed by atoms with Crippen molar-refractivity contribution in [1.29, 1.82) is 0 Å². The van der Waals surface area contributed by atoms with Gasteiger partial charge in [0.05, 0.1) is 6.04 Å². The van der Waals surface area contributed by atoms with E-state index in [0.29, 0.717) is 11.4 Å². The van der Waals surface area contributed by atoms with Crippen LogP contribution in [-0.2, 0) is 6.42 Å². The van der Waals surface area contributed by atoms with E-state index >= 15 is 0 Å². The van der Waals surface area contributed by atoms with Crippen molar-refractivity contribution in [3.8, 4) is 0 Å². The number of amides is 1. The van der Waals surface area contributed by atoms with Crippen LogP contribution in [0, 0.1) is 0 Å². The van der Waals surface area contributed by atoms with E-state index in [9.17, 15) is 9.59 Å². The first-order chi connectivity index (χ1) is 11.6. The molecular formula is C17H15ClN4O2. The SMILES string of the molecule is O=C(N[C@H](Cc1ccc(Cl)cc1)c1ccccc1)c1n[nH]c(=O)[nH]1. The molecule has 1 amide bonds. The van der Waals surface area contributed by atoms with Crippen molar-refractivity contribution in [2.75, 3.05) is 0 Å². The lowest BCUT2D eigenvalue weighted by Gasteiger charge is -2.19. The molecule has 0 saturated carbocycles. The lowest BCUT2D eigenvalue weighted by molar-refractivity contribution is 0.0926. The molecule has 1 atom stereocenters. The molecular weight excluding hydrogens is 328 g/mol. The van der Waals surface area contributed by atoms with Crippen LogP contribution in [0.2, 0.25) is 5.02 Å². The number of H-pyrrole nitrogens is 2. The molecule has 3 N–H and O–H groups in total. The van der Waals surface area contributed by atoms with Crippen LogP contribution in [-0.4, -0.2) is 21.1 Å². The van der Waals surface area contributed by atoms with Crippen LogP contribution in [0.1, 0.15) is 27.8 Å². The molecule has 1 aromatic heterocycles. The lowest BCUT2D eigenvalue weighted by atomic mass is 9.99. The molecule has 3 aromatic rings. The normalized spacial score (nSPS) is 11.9. The number of carbonyl (C=O) groups excluding carboxylic acids is 1. The molecule has 0 aliphatic heterocycles. The highest BCUT2D eigenvalue weighted by Crippen LogP contribution is 2.20. The van der Waals surface area contributed by atoms with Crippen LogP contribution in [0.5, 0.6) is 0 Å². The number of nitrogens with zero attached hydrogens (tertiary/aromatic N) is 1. The number of aromatic nitrogens is 3. The average molecular weight is 343 g/mol. The maximum absolute atomic E-state index is 12.3. The lowest BCUT2D eigenvalue weighted by Crippen LogP contribution is -2.31. The zero-order valence-corrected chi connectivity index (χ0v) is 13.4. The molecule has 0 radical (unpaired) electrons. The molecule has 0 aliphatic carbocycles. The highest BCUT2D eigenvalue weighted by molar-refractivity contribution is 6.30. The number of hydrogen-bond acceptors (Lipinski definition) is 3. The summed E-state index contributed by atoms with van der Waals surface area (Å²) >= 11 is 5.92. The quantitative estimate of drug-likeness (QED) is 0.665. The van der Waals surface area contributed by atoms with Gasteiger partial charge in [-0.2, -0.15) is 0 Å². The van der Waals surface area contributed by atoms with Crippen LogP contribution in [0.3, 0.4) is 0 Å². The summed E-state index contributed by atoms with van der Waals surface area (Å²) < 4.78 is 0.